The van der Waals surface area contributed by atoms with Crippen molar-refractivity contribution in [3.05, 3.63) is 11.6 Å². The van der Waals surface area contributed by atoms with E-state index in [0.29, 0.717) is 13.1 Å². The largest absolute Gasteiger partial charge is 0.356 e. The van der Waals surface area contributed by atoms with Crippen LogP contribution in [0.2, 0.25) is 0 Å². The summed E-state index contributed by atoms with van der Waals surface area (Å²) >= 11 is 0. The van der Waals surface area contributed by atoms with Crippen LogP contribution >= 0.6 is 0 Å². The Labute approximate surface area is 147 Å². The summed E-state index contributed by atoms with van der Waals surface area (Å²) in [6.07, 6.45) is 9.74. The van der Waals surface area contributed by atoms with Gasteiger partial charge < -0.3 is 15.5 Å². The fraction of sp³-hybridized carbons (Fsp3) is 0.789. The van der Waals surface area contributed by atoms with E-state index in [1.807, 2.05) is 0 Å². The Morgan fingerprint density at radius 3 is 2.29 bits per heavy atom. The van der Waals surface area contributed by atoms with Gasteiger partial charge >= 0.3 is 0 Å². The molecule has 0 aromatic heterocycles. The summed E-state index contributed by atoms with van der Waals surface area (Å²) in [5.41, 5.74) is 1.47. The summed E-state index contributed by atoms with van der Waals surface area (Å²) in [7, 11) is 0. The van der Waals surface area contributed by atoms with Crippen molar-refractivity contribution >= 4 is 11.8 Å². The fourth-order valence-electron chi connectivity index (χ4n) is 3.07. The number of allylic oxidation sites excluding steroid dienone is 1. The molecule has 24 heavy (non-hydrogen) atoms. The van der Waals surface area contributed by atoms with Gasteiger partial charge in [-0.25, -0.2) is 0 Å². The predicted molar refractivity (Wildman–Crippen MR) is 98.0 cm³/mol. The highest BCUT2D eigenvalue weighted by atomic mass is 16.2. The quantitative estimate of drug-likeness (QED) is 0.370. The molecule has 5 heteroatoms. The molecule has 0 saturated heterocycles. The number of nitrogens with one attached hydrogen (secondary N) is 3. The van der Waals surface area contributed by atoms with Crippen molar-refractivity contribution < 1.29 is 14.5 Å². The van der Waals surface area contributed by atoms with Crippen LogP contribution in [0.1, 0.15) is 65.2 Å². The lowest BCUT2D eigenvalue weighted by Crippen LogP contribution is -3.11. The van der Waals surface area contributed by atoms with Crippen molar-refractivity contribution in [3.8, 4) is 0 Å². The second-order valence-corrected chi connectivity index (χ2v) is 6.62. The molecule has 138 valence electrons. The SMILES string of the molecule is CC[NH+](CC)CCCNC(=O)CCC(=O)NCCC1=CCCCC1. The lowest BCUT2D eigenvalue weighted by atomic mass is 9.97. The topological polar surface area (TPSA) is 62.6 Å². The van der Waals surface area contributed by atoms with E-state index in [4.69, 9.17) is 0 Å². The van der Waals surface area contributed by atoms with E-state index in [1.165, 1.54) is 31.3 Å². The van der Waals surface area contributed by atoms with Crippen LogP contribution < -0.4 is 15.5 Å². The molecule has 1 aliphatic carbocycles. The normalized spacial score (nSPS) is 14.4. The average Bonchev–Trinajstić information content (AvgIpc) is 2.61. The molecule has 0 aliphatic heterocycles. The molecule has 0 fully saturated rings. The first-order chi connectivity index (χ1) is 11.7. The van der Waals surface area contributed by atoms with Crippen LogP contribution in [0.25, 0.3) is 0 Å². The number of quaternary nitrogens is 1. The zero-order chi connectivity index (χ0) is 17.6. The van der Waals surface area contributed by atoms with Gasteiger partial charge in [-0.2, -0.15) is 0 Å². The first-order valence-electron chi connectivity index (χ1n) is 9.70. The molecule has 0 spiro atoms. The van der Waals surface area contributed by atoms with Crippen molar-refractivity contribution in [3.63, 3.8) is 0 Å². The van der Waals surface area contributed by atoms with E-state index < -0.39 is 0 Å². The minimum absolute atomic E-state index is 0.0188. The average molecular weight is 339 g/mol. The Balaban J connectivity index is 2.00. The van der Waals surface area contributed by atoms with Crippen LogP contribution in [0, 0.1) is 0 Å². The lowest BCUT2D eigenvalue weighted by molar-refractivity contribution is -0.896. The molecule has 0 unspecified atom stereocenters. The molecule has 1 aliphatic rings. The third-order valence-electron chi connectivity index (χ3n) is 4.76. The third kappa shape index (κ3) is 9.71. The van der Waals surface area contributed by atoms with Gasteiger partial charge in [-0.1, -0.05) is 11.6 Å². The van der Waals surface area contributed by atoms with Gasteiger partial charge in [0.25, 0.3) is 0 Å². The molecule has 0 atom stereocenters. The van der Waals surface area contributed by atoms with Crippen LogP contribution in [-0.2, 0) is 9.59 Å². The highest BCUT2D eigenvalue weighted by Gasteiger charge is 2.08. The molecule has 0 heterocycles. The summed E-state index contributed by atoms with van der Waals surface area (Å²) in [5, 5.41) is 5.83. The van der Waals surface area contributed by atoms with Crippen LogP contribution in [0.3, 0.4) is 0 Å². The first-order valence-corrected chi connectivity index (χ1v) is 9.70. The molecule has 0 radical (unpaired) electrons. The van der Waals surface area contributed by atoms with E-state index in [2.05, 4.69) is 30.6 Å². The van der Waals surface area contributed by atoms with Crippen LogP contribution in [-0.4, -0.2) is 44.5 Å². The Kier molecular flexibility index (Phi) is 11.2. The van der Waals surface area contributed by atoms with Gasteiger partial charge in [0.15, 0.2) is 0 Å². The van der Waals surface area contributed by atoms with Crippen molar-refractivity contribution in [1.82, 2.24) is 10.6 Å². The summed E-state index contributed by atoms with van der Waals surface area (Å²) in [6, 6.07) is 0. The monoisotopic (exact) mass is 338 g/mol. The Bertz CT molecular complexity index is 403. The van der Waals surface area contributed by atoms with Gasteiger partial charge in [0, 0.05) is 32.4 Å². The minimum atomic E-state index is -0.0193. The summed E-state index contributed by atoms with van der Waals surface area (Å²) in [5.74, 6) is -0.0381. The maximum absolute atomic E-state index is 11.8. The van der Waals surface area contributed by atoms with Gasteiger partial charge in [-0.15, -0.1) is 0 Å². The molecular formula is C19H36N3O2+. The molecule has 0 aromatic carbocycles. The Morgan fingerprint density at radius 2 is 1.71 bits per heavy atom. The second-order valence-electron chi connectivity index (χ2n) is 6.62. The molecule has 1 rings (SSSR count). The molecule has 5 nitrogen and oxygen atoms in total. The fourth-order valence-corrected chi connectivity index (χ4v) is 3.07. The van der Waals surface area contributed by atoms with E-state index in [0.717, 1.165) is 32.5 Å². The molecule has 0 bridgehead atoms. The van der Waals surface area contributed by atoms with E-state index in [9.17, 15) is 9.59 Å². The Hall–Kier alpha value is -1.36. The maximum Gasteiger partial charge on any atom is 0.220 e. The van der Waals surface area contributed by atoms with Gasteiger partial charge in [-0.3, -0.25) is 9.59 Å². The van der Waals surface area contributed by atoms with Gasteiger partial charge in [0.1, 0.15) is 0 Å². The highest BCUT2D eigenvalue weighted by molar-refractivity contribution is 5.83. The number of hydrogen-bond acceptors (Lipinski definition) is 2. The zero-order valence-corrected chi connectivity index (χ0v) is 15.6. The second kappa shape index (κ2) is 13.0. The van der Waals surface area contributed by atoms with E-state index in [1.54, 1.807) is 4.90 Å². The van der Waals surface area contributed by atoms with Crippen molar-refractivity contribution in [2.24, 2.45) is 0 Å². The molecule has 3 N–H and O–H groups in total. The number of hydrogen-bond donors (Lipinski definition) is 3. The molecule has 2 amide bonds. The zero-order valence-electron chi connectivity index (χ0n) is 15.6. The lowest BCUT2D eigenvalue weighted by Gasteiger charge is -2.15. The number of amides is 2. The highest BCUT2D eigenvalue weighted by Crippen LogP contribution is 2.19. The minimum Gasteiger partial charge on any atom is -0.356 e. The summed E-state index contributed by atoms with van der Waals surface area (Å²) in [6.45, 7) is 9.10. The van der Waals surface area contributed by atoms with Crippen LogP contribution in [0.15, 0.2) is 11.6 Å². The van der Waals surface area contributed by atoms with Crippen molar-refractivity contribution in [1.29, 1.82) is 0 Å². The van der Waals surface area contributed by atoms with E-state index >= 15 is 0 Å². The first kappa shape index (κ1) is 20.7. The van der Waals surface area contributed by atoms with Crippen molar-refractivity contribution in [2.45, 2.75) is 65.2 Å². The van der Waals surface area contributed by atoms with Gasteiger partial charge in [0.05, 0.1) is 19.6 Å². The van der Waals surface area contributed by atoms with Crippen molar-refractivity contribution in [2.75, 3.05) is 32.7 Å². The van der Waals surface area contributed by atoms with Crippen LogP contribution in [0.5, 0.6) is 0 Å². The molecule has 0 aromatic rings. The smallest absolute Gasteiger partial charge is 0.220 e. The Morgan fingerprint density at radius 1 is 1.04 bits per heavy atom. The predicted octanol–water partition coefficient (Wildman–Crippen LogP) is 1.20. The summed E-state index contributed by atoms with van der Waals surface area (Å²) in [4.78, 5) is 25.1. The van der Waals surface area contributed by atoms with Crippen LogP contribution in [0.4, 0.5) is 0 Å². The number of rotatable bonds is 12. The van der Waals surface area contributed by atoms with Gasteiger partial charge in [0.2, 0.25) is 11.8 Å². The van der Waals surface area contributed by atoms with E-state index in [-0.39, 0.29) is 24.7 Å². The standard InChI is InChI=1S/C19H35N3O2/c1-3-22(4-2)16-8-14-20-18(23)11-12-19(24)21-15-13-17-9-6-5-7-10-17/h9H,3-8,10-16H2,1-2H3,(H,20,23)(H,21,24)/p+1. The molecular weight excluding hydrogens is 302 g/mol. The summed E-state index contributed by atoms with van der Waals surface area (Å²) < 4.78 is 0. The maximum atomic E-state index is 11.8. The number of carbonyl (C=O) groups excluding carboxylic acids is 2. The third-order valence-corrected chi connectivity index (χ3v) is 4.76. The number of carbonyl (C=O) groups is 2. The van der Waals surface area contributed by atoms with Gasteiger partial charge in [-0.05, 0) is 46.0 Å². The molecule has 0 saturated carbocycles.